The molecule has 7 nitrogen and oxygen atoms in total. The molecule has 0 aromatic heterocycles. The lowest BCUT2D eigenvalue weighted by Gasteiger charge is -2.34. The summed E-state index contributed by atoms with van der Waals surface area (Å²) in [6, 6.07) is 18.7. The van der Waals surface area contributed by atoms with Gasteiger partial charge in [-0.3, -0.25) is 13.9 Å². The van der Waals surface area contributed by atoms with E-state index in [-0.39, 0.29) is 44.2 Å². The summed E-state index contributed by atoms with van der Waals surface area (Å²) in [5, 5.41) is 4.30. The fourth-order valence-electron chi connectivity index (χ4n) is 4.69. The Labute approximate surface area is 270 Å². The standard InChI is InChI=1S/C32H38Cl3N3O4S/c1-22-26(34)13-9-14-28(22)38(43(5,41)42)18-10-15-30(39)37(21-24-16-17-25(33)20-27(24)35)29(31(40)36-32(2,3)4)19-23-11-7-6-8-12-23/h6-9,11-14,16-17,20,29H,10,15,18-19,21H2,1-5H3,(H,36,40)/t29-/m1/s1. The zero-order chi connectivity index (χ0) is 31.9. The summed E-state index contributed by atoms with van der Waals surface area (Å²) in [5.74, 6) is -0.616. The summed E-state index contributed by atoms with van der Waals surface area (Å²) in [6.45, 7) is 7.51. The molecule has 1 N–H and O–H groups in total. The van der Waals surface area contributed by atoms with Crippen LogP contribution in [-0.2, 0) is 32.6 Å². The number of amides is 2. The molecule has 3 aromatic rings. The van der Waals surface area contributed by atoms with Crippen molar-refractivity contribution in [3.05, 3.63) is 98.5 Å². The van der Waals surface area contributed by atoms with Gasteiger partial charge in [0.1, 0.15) is 6.04 Å². The Morgan fingerprint density at radius 3 is 2.21 bits per heavy atom. The molecule has 1 atom stereocenters. The first-order valence-electron chi connectivity index (χ1n) is 13.9. The van der Waals surface area contributed by atoms with Gasteiger partial charge in [0.25, 0.3) is 0 Å². The SMILES string of the molecule is Cc1c(Cl)cccc1N(CCCC(=O)N(Cc1ccc(Cl)cc1Cl)[C@H](Cc1ccccc1)C(=O)NC(C)(C)C)S(C)(=O)=O. The van der Waals surface area contributed by atoms with Crippen LogP contribution in [0.1, 0.15) is 50.3 Å². The van der Waals surface area contributed by atoms with E-state index in [1.54, 1.807) is 43.3 Å². The predicted octanol–water partition coefficient (Wildman–Crippen LogP) is 7.06. The largest absolute Gasteiger partial charge is 0.350 e. The van der Waals surface area contributed by atoms with Crippen LogP contribution < -0.4 is 9.62 Å². The van der Waals surface area contributed by atoms with Crippen LogP contribution in [0, 0.1) is 6.92 Å². The molecule has 0 fully saturated rings. The second-order valence-corrected chi connectivity index (χ2v) is 14.7. The smallest absolute Gasteiger partial charge is 0.243 e. The predicted molar refractivity (Wildman–Crippen MR) is 176 cm³/mol. The second-order valence-electron chi connectivity index (χ2n) is 11.5. The van der Waals surface area contributed by atoms with Crippen LogP contribution in [0.5, 0.6) is 0 Å². The monoisotopic (exact) mass is 665 g/mol. The number of carbonyl (C=O) groups excluding carboxylic acids is 2. The van der Waals surface area contributed by atoms with Crippen molar-refractivity contribution in [2.75, 3.05) is 17.1 Å². The first-order valence-corrected chi connectivity index (χ1v) is 16.9. The summed E-state index contributed by atoms with van der Waals surface area (Å²) >= 11 is 18.9. The highest BCUT2D eigenvalue weighted by molar-refractivity contribution is 7.92. The highest BCUT2D eigenvalue weighted by Gasteiger charge is 2.32. The third-order valence-corrected chi connectivity index (χ3v) is 8.96. The summed E-state index contributed by atoms with van der Waals surface area (Å²) in [6.07, 6.45) is 1.60. The molecule has 232 valence electrons. The molecule has 0 aliphatic carbocycles. The van der Waals surface area contributed by atoms with Gasteiger partial charge in [-0.25, -0.2) is 8.42 Å². The lowest BCUT2D eigenvalue weighted by Crippen LogP contribution is -2.54. The third kappa shape index (κ3) is 10.1. The summed E-state index contributed by atoms with van der Waals surface area (Å²) in [7, 11) is -3.67. The van der Waals surface area contributed by atoms with E-state index < -0.39 is 21.6 Å². The highest BCUT2D eigenvalue weighted by Crippen LogP contribution is 2.29. The highest BCUT2D eigenvalue weighted by atomic mass is 35.5. The van der Waals surface area contributed by atoms with E-state index in [2.05, 4.69) is 5.32 Å². The first kappa shape index (κ1) is 34.7. The van der Waals surface area contributed by atoms with Crippen LogP contribution in [0.25, 0.3) is 0 Å². The lowest BCUT2D eigenvalue weighted by molar-refractivity contribution is -0.142. The van der Waals surface area contributed by atoms with Crippen molar-refractivity contribution in [3.8, 4) is 0 Å². The van der Waals surface area contributed by atoms with Crippen molar-refractivity contribution in [3.63, 3.8) is 0 Å². The molecule has 3 rings (SSSR count). The topological polar surface area (TPSA) is 86.8 Å². The van der Waals surface area contributed by atoms with Gasteiger partial charge in [0.2, 0.25) is 21.8 Å². The molecule has 0 saturated carbocycles. The van der Waals surface area contributed by atoms with Gasteiger partial charge in [-0.05, 0) is 75.1 Å². The van der Waals surface area contributed by atoms with Crippen molar-refractivity contribution in [1.82, 2.24) is 10.2 Å². The van der Waals surface area contributed by atoms with Crippen LogP contribution in [-0.4, -0.2) is 49.5 Å². The van der Waals surface area contributed by atoms with E-state index in [1.165, 1.54) is 9.21 Å². The van der Waals surface area contributed by atoms with Crippen molar-refractivity contribution in [2.24, 2.45) is 0 Å². The van der Waals surface area contributed by atoms with Gasteiger partial charge in [0.15, 0.2) is 0 Å². The Balaban J connectivity index is 1.95. The number of nitrogens with zero attached hydrogens (tertiary/aromatic N) is 2. The number of hydrogen-bond acceptors (Lipinski definition) is 4. The Hall–Kier alpha value is -2.78. The minimum atomic E-state index is -3.67. The molecule has 0 spiro atoms. The molecule has 0 heterocycles. The van der Waals surface area contributed by atoms with E-state index in [9.17, 15) is 18.0 Å². The Bertz CT molecular complexity index is 1540. The van der Waals surface area contributed by atoms with Crippen LogP contribution >= 0.6 is 34.8 Å². The number of sulfonamides is 1. The quantitative estimate of drug-likeness (QED) is 0.224. The Kier molecular flexibility index (Phi) is 11.9. The molecular formula is C32H38Cl3N3O4S. The number of anilines is 1. The van der Waals surface area contributed by atoms with Gasteiger partial charge >= 0.3 is 0 Å². The molecule has 2 amide bonds. The van der Waals surface area contributed by atoms with Gasteiger partial charge in [-0.2, -0.15) is 0 Å². The van der Waals surface area contributed by atoms with Crippen LogP contribution in [0.4, 0.5) is 5.69 Å². The number of hydrogen-bond donors (Lipinski definition) is 1. The second kappa shape index (κ2) is 14.8. The molecule has 0 radical (unpaired) electrons. The lowest BCUT2D eigenvalue weighted by atomic mass is 10.00. The number of carbonyl (C=O) groups is 2. The number of nitrogens with one attached hydrogen (secondary N) is 1. The maximum Gasteiger partial charge on any atom is 0.243 e. The zero-order valence-corrected chi connectivity index (χ0v) is 28.1. The third-order valence-electron chi connectivity index (χ3n) is 6.79. The van der Waals surface area contributed by atoms with E-state index in [0.29, 0.717) is 31.9 Å². The summed E-state index contributed by atoms with van der Waals surface area (Å²) < 4.78 is 26.8. The van der Waals surface area contributed by atoms with E-state index in [0.717, 1.165) is 11.8 Å². The van der Waals surface area contributed by atoms with Crippen molar-refractivity contribution in [1.29, 1.82) is 0 Å². The molecule has 0 unspecified atom stereocenters. The molecule has 11 heteroatoms. The van der Waals surface area contributed by atoms with Gasteiger partial charge < -0.3 is 10.2 Å². The molecule has 0 saturated heterocycles. The fraction of sp³-hybridized carbons (Fsp3) is 0.375. The molecule has 0 aliphatic heterocycles. The first-order chi connectivity index (χ1) is 20.1. The molecule has 0 bridgehead atoms. The number of benzene rings is 3. The van der Waals surface area contributed by atoms with Crippen molar-refractivity contribution in [2.45, 2.75) is 65.1 Å². The Morgan fingerprint density at radius 1 is 0.930 bits per heavy atom. The van der Waals surface area contributed by atoms with Crippen molar-refractivity contribution < 1.29 is 18.0 Å². The average Bonchev–Trinajstić information content (AvgIpc) is 2.90. The molecule has 43 heavy (non-hydrogen) atoms. The minimum absolute atomic E-state index is 0.00900. The molecule has 3 aromatic carbocycles. The van der Waals surface area contributed by atoms with Crippen LogP contribution in [0.2, 0.25) is 15.1 Å². The van der Waals surface area contributed by atoms with E-state index in [4.69, 9.17) is 34.8 Å². The number of halogens is 3. The maximum absolute atomic E-state index is 14.0. The van der Waals surface area contributed by atoms with Crippen molar-refractivity contribution >= 4 is 62.3 Å². The molecular weight excluding hydrogens is 629 g/mol. The summed E-state index contributed by atoms with van der Waals surface area (Å²) in [4.78, 5) is 29.3. The number of rotatable bonds is 12. The summed E-state index contributed by atoms with van der Waals surface area (Å²) in [5.41, 5.74) is 2.06. The maximum atomic E-state index is 14.0. The average molecular weight is 667 g/mol. The fourth-order valence-corrected chi connectivity index (χ4v) is 6.34. The van der Waals surface area contributed by atoms with Crippen LogP contribution in [0.15, 0.2) is 66.7 Å². The normalized spacial score (nSPS) is 12.5. The van der Waals surface area contributed by atoms with Crippen LogP contribution in [0.3, 0.4) is 0 Å². The van der Waals surface area contributed by atoms with Gasteiger partial charge in [-0.15, -0.1) is 0 Å². The van der Waals surface area contributed by atoms with E-state index in [1.807, 2.05) is 51.1 Å². The van der Waals surface area contributed by atoms with E-state index >= 15 is 0 Å². The minimum Gasteiger partial charge on any atom is -0.350 e. The van der Waals surface area contributed by atoms with Gasteiger partial charge in [0, 0.05) is 46.5 Å². The van der Waals surface area contributed by atoms with Gasteiger partial charge in [-0.1, -0.05) is 77.3 Å². The molecule has 0 aliphatic rings. The van der Waals surface area contributed by atoms with Gasteiger partial charge in [0.05, 0.1) is 11.9 Å². The zero-order valence-electron chi connectivity index (χ0n) is 25.0. The Morgan fingerprint density at radius 2 is 1.60 bits per heavy atom.